The SMILES string of the molecule is CC(C)(C)OC(=O)N1CCOC(C(=O)N(Cc2ccc3c(Cl)cn(CCCNS(C)(=O)=O)c3c2)C2CC2)C1. The molecule has 1 aliphatic heterocycles. The Morgan fingerprint density at radius 3 is 2.66 bits per heavy atom. The highest BCUT2D eigenvalue weighted by molar-refractivity contribution is 7.88. The molecule has 2 heterocycles. The van der Waals surface area contributed by atoms with Crippen LogP contribution < -0.4 is 4.72 Å². The van der Waals surface area contributed by atoms with Gasteiger partial charge in [0.2, 0.25) is 10.0 Å². The fraction of sp³-hybridized carbons (Fsp3) is 0.615. The molecule has 1 unspecified atom stereocenters. The molecule has 1 saturated heterocycles. The Labute approximate surface area is 229 Å². The van der Waals surface area contributed by atoms with Crippen molar-refractivity contribution in [3.63, 3.8) is 0 Å². The summed E-state index contributed by atoms with van der Waals surface area (Å²) in [5, 5.41) is 1.52. The monoisotopic (exact) mass is 568 g/mol. The molecule has 210 valence electrons. The van der Waals surface area contributed by atoms with E-state index in [0.717, 1.165) is 35.6 Å². The minimum absolute atomic E-state index is 0.124. The molecule has 4 rings (SSSR count). The number of carbonyl (C=O) groups is 2. The second-order valence-corrected chi connectivity index (χ2v) is 13.3. The largest absolute Gasteiger partial charge is 0.444 e. The van der Waals surface area contributed by atoms with Gasteiger partial charge in [-0.05, 0) is 51.7 Å². The Balaban J connectivity index is 1.45. The summed E-state index contributed by atoms with van der Waals surface area (Å²) >= 11 is 6.46. The summed E-state index contributed by atoms with van der Waals surface area (Å²) in [5.74, 6) is -0.124. The fourth-order valence-corrected chi connectivity index (χ4v) is 5.32. The van der Waals surface area contributed by atoms with Crippen LogP contribution in [0.5, 0.6) is 0 Å². The summed E-state index contributed by atoms with van der Waals surface area (Å²) in [7, 11) is -3.23. The van der Waals surface area contributed by atoms with Gasteiger partial charge < -0.3 is 23.8 Å². The van der Waals surface area contributed by atoms with Crippen LogP contribution in [0.25, 0.3) is 10.9 Å². The molecule has 0 bridgehead atoms. The number of sulfonamides is 1. The van der Waals surface area contributed by atoms with E-state index in [1.165, 1.54) is 0 Å². The highest BCUT2D eigenvalue weighted by Gasteiger charge is 2.39. The summed E-state index contributed by atoms with van der Waals surface area (Å²) in [6.07, 6.45) is 4.30. The van der Waals surface area contributed by atoms with Crippen molar-refractivity contribution in [1.29, 1.82) is 0 Å². The molecule has 0 spiro atoms. The van der Waals surface area contributed by atoms with Crippen LogP contribution in [0.4, 0.5) is 4.79 Å². The number of nitrogens with one attached hydrogen (secondary N) is 1. The van der Waals surface area contributed by atoms with E-state index >= 15 is 0 Å². The molecule has 1 aromatic heterocycles. The predicted molar refractivity (Wildman–Crippen MR) is 146 cm³/mol. The van der Waals surface area contributed by atoms with E-state index in [0.29, 0.717) is 37.6 Å². The first-order valence-corrected chi connectivity index (χ1v) is 15.2. The van der Waals surface area contributed by atoms with Crippen molar-refractivity contribution >= 4 is 44.5 Å². The van der Waals surface area contributed by atoms with Crippen LogP contribution in [-0.4, -0.2) is 85.0 Å². The van der Waals surface area contributed by atoms with Crippen molar-refractivity contribution in [2.75, 3.05) is 32.5 Å². The van der Waals surface area contributed by atoms with Gasteiger partial charge in [-0.3, -0.25) is 4.79 Å². The summed E-state index contributed by atoms with van der Waals surface area (Å²) in [6.45, 7) is 7.62. The van der Waals surface area contributed by atoms with Crippen LogP contribution in [0.15, 0.2) is 24.4 Å². The molecule has 10 nitrogen and oxygen atoms in total. The summed E-state index contributed by atoms with van der Waals surface area (Å²) in [6, 6.07) is 6.11. The van der Waals surface area contributed by atoms with Gasteiger partial charge in [0.25, 0.3) is 5.91 Å². The zero-order valence-corrected chi connectivity index (χ0v) is 24.0. The molecule has 2 aromatic rings. The van der Waals surface area contributed by atoms with Crippen LogP contribution in [0, 0.1) is 0 Å². The normalized spacial score (nSPS) is 18.6. The Hall–Kier alpha value is -2.34. The average Bonchev–Trinajstić information content (AvgIpc) is 3.62. The number of aromatic nitrogens is 1. The topological polar surface area (TPSA) is 110 Å². The average molecular weight is 569 g/mol. The quantitative estimate of drug-likeness (QED) is 0.465. The third kappa shape index (κ3) is 7.62. The molecule has 2 aliphatic rings. The highest BCUT2D eigenvalue weighted by Crippen LogP contribution is 2.32. The zero-order valence-electron chi connectivity index (χ0n) is 22.4. The number of nitrogens with zero attached hydrogens (tertiary/aromatic N) is 3. The Morgan fingerprint density at radius 1 is 1.26 bits per heavy atom. The van der Waals surface area contributed by atoms with Gasteiger partial charge >= 0.3 is 6.09 Å². The molecular weight excluding hydrogens is 532 g/mol. The number of amides is 2. The molecule has 12 heteroatoms. The molecule has 2 amide bonds. The Kier molecular flexibility index (Phi) is 8.61. The predicted octanol–water partition coefficient (Wildman–Crippen LogP) is 3.36. The lowest BCUT2D eigenvalue weighted by Crippen LogP contribution is -2.53. The van der Waals surface area contributed by atoms with Gasteiger partial charge in [-0.15, -0.1) is 0 Å². The molecule has 1 N–H and O–H groups in total. The maximum atomic E-state index is 13.6. The van der Waals surface area contributed by atoms with Crippen LogP contribution >= 0.6 is 11.6 Å². The maximum Gasteiger partial charge on any atom is 0.410 e. The van der Waals surface area contributed by atoms with Crippen molar-refractivity contribution in [3.8, 4) is 0 Å². The Morgan fingerprint density at radius 2 is 2.00 bits per heavy atom. The third-order valence-electron chi connectivity index (χ3n) is 6.46. The zero-order chi connectivity index (χ0) is 27.7. The van der Waals surface area contributed by atoms with E-state index in [4.69, 9.17) is 21.1 Å². The number of hydrogen-bond acceptors (Lipinski definition) is 6. The number of aryl methyl sites for hydroxylation is 1. The fourth-order valence-electron chi connectivity index (χ4n) is 4.53. The number of halogens is 1. The summed E-state index contributed by atoms with van der Waals surface area (Å²) in [4.78, 5) is 29.5. The van der Waals surface area contributed by atoms with E-state index in [1.54, 1.807) is 4.90 Å². The lowest BCUT2D eigenvalue weighted by molar-refractivity contribution is -0.150. The van der Waals surface area contributed by atoms with E-state index in [1.807, 2.05) is 54.6 Å². The van der Waals surface area contributed by atoms with Gasteiger partial charge in [-0.25, -0.2) is 17.9 Å². The number of benzene rings is 1. The van der Waals surface area contributed by atoms with Gasteiger partial charge in [-0.1, -0.05) is 23.7 Å². The number of rotatable bonds is 9. The molecule has 1 aliphatic carbocycles. The van der Waals surface area contributed by atoms with Crippen molar-refractivity contribution in [1.82, 2.24) is 19.1 Å². The number of hydrogen-bond donors (Lipinski definition) is 1. The molecule has 38 heavy (non-hydrogen) atoms. The second kappa shape index (κ2) is 11.4. The first-order valence-electron chi connectivity index (χ1n) is 12.9. The first kappa shape index (κ1) is 28.7. The lowest BCUT2D eigenvalue weighted by Gasteiger charge is -2.36. The summed E-state index contributed by atoms with van der Waals surface area (Å²) < 4.78 is 38.5. The van der Waals surface area contributed by atoms with Crippen molar-refractivity contribution in [3.05, 3.63) is 35.0 Å². The van der Waals surface area contributed by atoms with Crippen LogP contribution in [0.3, 0.4) is 0 Å². The first-order chi connectivity index (χ1) is 17.8. The molecule has 1 saturated carbocycles. The minimum Gasteiger partial charge on any atom is -0.444 e. The highest BCUT2D eigenvalue weighted by atomic mass is 35.5. The van der Waals surface area contributed by atoms with E-state index < -0.39 is 27.8 Å². The molecular formula is C26H37ClN4O6S. The number of carbonyl (C=O) groups excluding carboxylic acids is 2. The van der Waals surface area contributed by atoms with Crippen LogP contribution in [0.1, 0.15) is 45.6 Å². The standard InChI is InChI=1S/C26H37ClN4O6S/c1-26(2,3)37-25(33)30-12-13-36-23(17-30)24(32)31(19-7-8-19)15-18-6-9-20-21(27)16-29(22(20)14-18)11-5-10-28-38(4,34)35/h6,9,14,16,19,23,28H,5,7-8,10-13,15,17H2,1-4H3. The number of morpholine rings is 1. The van der Waals surface area contributed by atoms with E-state index in [9.17, 15) is 18.0 Å². The van der Waals surface area contributed by atoms with Gasteiger partial charge in [-0.2, -0.15) is 0 Å². The smallest absolute Gasteiger partial charge is 0.410 e. The molecule has 0 radical (unpaired) electrons. The van der Waals surface area contributed by atoms with Gasteiger partial charge in [0, 0.05) is 49.3 Å². The number of ether oxygens (including phenoxy) is 2. The summed E-state index contributed by atoms with van der Waals surface area (Å²) in [5.41, 5.74) is 1.28. The van der Waals surface area contributed by atoms with E-state index in [2.05, 4.69) is 4.72 Å². The van der Waals surface area contributed by atoms with Crippen molar-refractivity contribution in [2.24, 2.45) is 0 Å². The molecule has 2 fully saturated rings. The van der Waals surface area contributed by atoms with Gasteiger partial charge in [0.15, 0.2) is 6.10 Å². The minimum atomic E-state index is -3.23. The van der Waals surface area contributed by atoms with Crippen LogP contribution in [-0.2, 0) is 37.4 Å². The third-order valence-corrected chi connectivity index (χ3v) is 7.49. The second-order valence-electron chi connectivity index (χ2n) is 11.0. The van der Waals surface area contributed by atoms with Gasteiger partial charge in [0.1, 0.15) is 5.60 Å². The molecule has 1 atom stereocenters. The molecule has 1 aromatic carbocycles. The van der Waals surface area contributed by atoms with Gasteiger partial charge in [0.05, 0.1) is 24.4 Å². The number of fused-ring (bicyclic) bond motifs is 1. The van der Waals surface area contributed by atoms with E-state index in [-0.39, 0.29) is 25.1 Å². The Bertz CT molecular complexity index is 1280. The maximum absolute atomic E-state index is 13.6. The van der Waals surface area contributed by atoms with Crippen LogP contribution in [0.2, 0.25) is 5.02 Å². The lowest BCUT2D eigenvalue weighted by atomic mass is 10.1. The van der Waals surface area contributed by atoms with Crippen molar-refractivity contribution < 1.29 is 27.5 Å². The van der Waals surface area contributed by atoms with Crippen molar-refractivity contribution in [2.45, 2.75) is 70.9 Å².